The van der Waals surface area contributed by atoms with Gasteiger partial charge in [0, 0.05) is 18.3 Å². The first-order valence-electron chi connectivity index (χ1n) is 5.96. The molecule has 2 aromatic rings. The van der Waals surface area contributed by atoms with Gasteiger partial charge in [-0.05, 0) is 30.9 Å². The second-order valence-corrected chi connectivity index (χ2v) is 4.45. The number of carbonyl (C=O) groups excluding carboxylic acids is 1. The summed E-state index contributed by atoms with van der Waals surface area (Å²) < 4.78 is 5.24. The van der Waals surface area contributed by atoms with Gasteiger partial charge in [-0.3, -0.25) is 4.79 Å². The van der Waals surface area contributed by atoms with Crippen LogP contribution in [0.2, 0.25) is 0 Å². The lowest BCUT2D eigenvalue weighted by atomic mass is 10.2. The van der Waals surface area contributed by atoms with Crippen molar-refractivity contribution in [3.63, 3.8) is 0 Å². The summed E-state index contributed by atoms with van der Waals surface area (Å²) in [6.45, 7) is 0.960. The highest BCUT2D eigenvalue weighted by Gasteiger charge is 2.20. The van der Waals surface area contributed by atoms with Crippen molar-refractivity contribution in [1.29, 1.82) is 0 Å². The third kappa shape index (κ3) is 2.40. The Morgan fingerprint density at radius 1 is 1.50 bits per heavy atom. The summed E-state index contributed by atoms with van der Waals surface area (Å²) in [7, 11) is 0. The maximum Gasteiger partial charge on any atom is 0.226 e. The molecule has 1 aliphatic carbocycles. The smallest absolute Gasteiger partial charge is 0.226 e. The fraction of sp³-hybridized carbons (Fsp3) is 0.308. The number of aromatic nitrogens is 2. The van der Waals surface area contributed by atoms with Crippen molar-refractivity contribution in [3.05, 3.63) is 30.3 Å². The van der Waals surface area contributed by atoms with Crippen LogP contribution in [0.5, 0.6) is 0 Å². The van der Waals surface area contributed by atoms with Gasteiger partial charge in [-0.2, -0.15) is 0 Å². The Kier molecular flexibility index (Phi) is 2.80. The van der Waals surface area contributed by atoms with Crippen LogP contribution in [0, 0.1) is 5.92 Å². The molecule has 5 nitrogen and oxygen atoms in total. The van der Waals surface area contributed by atoms with Crippen molar-refractivity contribution in [2.75, 3.05) is 11.9 Å². The Morgan fingerprint density at radius 3 is 3.11 bits per heavy atom. The molecule has 0 amide bonds. The third-order valence-corrected chi connectivity index (χ3v) is 2.92. The second kappa shape index (κ2) is 4.60. The third-order valence-electron chi connectivity index (χ3n) is 2.92. The van der Waals surface area contributed by atoms with E-state index in [-0.39, 0.29) is 0 Å². The van der Waals surface area contributed by atoms with E-state index in [2.05, 4.69) is 15.3 Å². The van der Waals surface area contributed by atoms with Crippen LogP contribution in [-0.2, 0) is 0 Å². The second-order valence-electron chi connectivity index (χ2n) is 4.45. The fourth-order valence-electron chi connectivity index (χ4n) is 1.70. The molecule has 2 heterocycles. The van der Waals surface area contributed by atoms with Crippen LogP contribution >= 0.6 is 0 Å². The van der Waals surface area contributed by atoms with Crippen LogP contribution in [0.1, 0.15) is 23.3 Å². The van der Waals surface area contributed by atoms with Crippen molar-refractivity contribution >= 4 is 12.1 Å². The number of hydrogen-bond acceptors (Lipinski definition) is 5. The summed E-state index contributed by atoms with van der Waals surface area (Å²) in [5, 5.41) is 3.29. The molecule has 1 saturated carbocycles. The van der Waals surface area contributed by atoms with E-state index < -0.39 is 0 Å². The highest BCUT2D eigenvalue weighted by atomic mass is 16.3. The summed E-state index contributed by atoms with van der Waals surface area (Å²) in [6.07, 6.45) is 6.32. The lowest BCUT2D eigenvalue weighted by Gasteiger charge is -2.04. The van der Waals surface area contributed by atoms with Gasteiger partial charge in [0.25, 0.3) is 0 Å². The zero-order valence-electron chi connectivity index (χ0n) is 9.80. The number of pyridine rings is 1. The molecular formula is C13H13N3O2. The maximum absolute atomic E-state index is 10.6. The van der Waals surface area contributed by atoms with Gasteiger partial charge in [-0.1, -0.05) is 0 Å². The average Bonchev–Trinajstić information content (AvgIpc) is 3.12. The van der Waals surface area contributed by atoms with Crippen molar-refractivity contribution in [2.45, 2.75) is 12.8 Å². The highest BCUT2D eigenvalue weighted by molar-refractivity contribution is 5.72. The molecular weight excluding hydrogens is 230 g/mol. The number of aldehydes is 1. The molecule has 0 aromatic carbocycles. The number of carbonyl (C=O) groups is 1. The summed E-state index contributed by atoms with van der Waals surface area (Å²) in [5.74, 6) is 2.04. The van der Waals surface area contributed by atoms with Gasteiger partial charge in [0.05, 0.1) is 0 Å². The number of anilines is 1. The summed E-state index contributed by atoms with van der Waals surface area (Å²) in [5.41, 5.74) is 1.12. The van der Waals surface area contributed by atoms with Crippen LogP contribution in [0.15, 0.2) is 29.0 Å². The number of rotatable bonds is 5. The van der Waals surface area contributed by atoms with E-state index in [4.69, 9.17) is 4.42 Å². The van der Waals surface area contributed by atoms with Crippen LogP contribution in [0.4, 0.5) is 5.82 Å². The van der Waals surface area contributed by atoms with Crippen LogP contribution < -0.4 is 5.32 Å². The van der Waals surface area contributed by atoms with Crippen LogP contribution in [0.3, 0.4) is 0 Å². The molecule has 0 radical (unpaired) electrons. The summed E-state index contributed by atoms with van der Waals surface area (Å²) in [6, 6.07) is 3.69. The van der Waals surface area contributed by atoms with E-state index in [0.717, 1.165) is 23.8 Å². The molecule has 0 unspecified atom stereocenters. The molecule has 2 aromatic heterocycles. The van der Waals surface area contributed by atoms with Gasteiger partial charge in [0.15, 0.2) is 6.29 Å². The molecule has 92 valence electrons. The molecule has 0 aliphatic heterocycles. The van der Waals surface area contributed by atoms with E-state index in [0.29, 0.717) is 17.9 Å². The zero-order chi connectivity index (χ0) is 12.4. The first-order chi connectivity index (χ1) is 8.85. The molecule has 18 heavy (non-hydrogen) atoms. The minimum atomic E-state index is 0.300. The number of oxazole rings is 1. The van der Waals surface area contributed by atoms with Crippen molar-refractivity contribution < 1.29 is 9.21 Å². The van der Waals surface area contributed by atoms with Gasteiger partial charge in [-0.25, -0.2) is 9.97 Å². The van der Waals surface area contributed by atoms with Crippen LogP contribution in [-0.4, -0.2) is 22.8 Å². The fourth-order valence-corrected chi connectivity index (χ4v) is 1.70. The molecule has 0 spiro atoms. The lowest BCUT2D eigenvalue weighted by molar-refractivity contribution is 0.111. The quantitative estimate of drug-likeness (QED) is 0.816. The van der Waals surface area contributed by atoms with E-state index in [9.17, 15) is 4.79 Å². The van der Waals surface area contributed by atoms with E-state index in [1.807, 2.05) is 12.1 Å². The molecule has 0 bridgehead atoms. The van der Waals surface area contributed by atoms with Gasteiger partial charge < -0.3 is 9.73 Å². The Balaban J connectivity index is 1.78. The standard InChI is InChI=1S/C13H13N3O2/c17-7-11-8-18-13(16-11)10-3-4-14-12(5-10)15-6-9-1-2-9/h3-5,7-9H,1-2,6H2,(H,14,15). The predicted molar refractivity (Wildman–Crippen MR) is 66.3 cm³/mol. The summed E-state index contributed by atoms with van der Waals surface area (Å²) >= 11 is 0. The zero-order valence-corrected chi connectivity index (χ0v) is 9.80. The van der Waals surface area contributed by atoms with Crippen molar-refractivity contribution in [1.82, 2.24) is 9.97 Å². The first-order valence-corrected chi connectivity index (χ1v) is 5.96. The monoisotopic (exact) mass is 243 g/mol. The van der Waals surface area contributed by atoms with E-state index in [1.165, 1.54) is 19.1 Å². The Hall–Kier alpha value is -2.17. The molecule has 1 aliphatic rings. The number of nitrogens with one attached hydrogen (secondary N) is 1. The number of hydrogen-bond donors (Lipinski definition) is 1. The molecule has 0 saturated heterocycles. The minimum Gasteiger partial charge on any atom is -0.444 e. The normalized spacial score (nSPS) is 14.4. The van der Waals surface area contributed by atoms with E-state index >= 15 is 0 Å². The minimum absolute atomic E-state index is 0.300. The van der Waals surface area contributed by atoms with Gasteiger partial charge >= 0.3 is 0 Å². The van der Waals surface area contributed by atoms with Crippen molar-refractivity contribution in [2.24, 2.45) is 5.92 Å². The maximum atomic E-state index is 10.6. The largest absolute Gasteiger partial charge is 0.444 e. The molecule has 5 heteroatoms. The summed E-state index contributed by atoms with van der Waals surface area (Å²) in [4.78, 5) is 18.9. The molecule has 1 fully saturated rings. The topological polar surface area (TPSA) is 68.0 Å². The molecule has 3 rings (SSSR count). The Labute approximate surface area is 104 Å². The van der Waals surface area contributed by atoms with E-state index in [1.54, 1.807) is 6.20 Å². The number of nitrogens with zero attached hydrogens (tertiary/aromatic N) is 2. The Bertz CT molecular complexity index is 561. The molecule has 0 atom stereocenters. The molecule has 1 N–H and O–H groups in total. The van der Waals surface area contributed by atoms with Gasteiger partial charge in [0.1, 0.15) is 17.8 Å². The SMILES string of the molecule is O=Cc1coc(-c2ccnc(NCC3CC3)c2)n1. The average molecular weight is 243 g/mol. The van der Waals surface area contributed by atoms with Crippen LogP contribution in [0.25, 0.3) is 11.5 Å². The van der Waals surface area contributed by atoms with Gasteiger partial charge in [-0.15, -0.1) is 0 Å². The predicted octanol–water partition coefficient (Wildman–Crippen LogP) is 2.37. The first kappa shape index (κ1) is 11.0. The highest BCUT2D eigenvalue weighted by Crippen LogP contribution is 2.29. The van der Waals surface area contributed by atoms with Gasteiger partial charge in [0.2, 0.25) is 5.89 Å². The van der Waals surface area contributed by atoms with Crippen molar-refractivity contribution in [3.8, 4) is 11.5 Å². The lowest BCUT2D eigenvalue weighted by Crippen LogP contribution is -2.04. The Morgan fingerprint density at radius 2 is 2.39 bits per heavy atom.